The van der Waals surface area contributed by atoms with Crippen LogP contribution >= 0.6 is 0 Å². The van der Waals surface area contributed by atoms with Crippen LogP contribution in [-0.2, 0) is 9.53 Å². The third-order valence-corrected chi connectivity index (χ3v) is 4.21. The van der Waals surface area contributed by atoms with E-state index in [1.54, 1.807) is 0 Å². The summed E-state index contributed by atoms with van der Waals surface area (Å²) >= 11 is 0. The van der Waals surface area contributed by atoms with Crippen LogP contribution in [0, 0.1) is 0 Å². The molecule has 0 aliphatic carbocycles. The van der Waals surface area contributed by atoms with Crippen LogP contribution in [0.5, 0.6) is 0 Å². The predicted octanol–water partition coefficient (Wildman–Crippen LogP) is 1.20. The van der Waals surface area contributed by atoms with E-state index >= 15 is 0 Å². The largest absolute Gasteiger partial charge is 0.373 e. The van der Waals surface area contributed by atoms with Crippen molar-refractivity contribution in [2.24, 2.45) is 0 Å². The molecule has 98 valence electrons. The zero-order valence-electron chi connectivity index (χ0n) is 11.0. The topological polar surface area (TPSA) is 50.4 Å². The Morgan fingerprint density at radius 1 is 1.41 bits per heavy atom. The molecule has 2 unspecified atom stereocenters. The number of nitrogens with one attached hydrogen (secondary N) is 2. The van der Waals surface area contributed by atoms with Crippen molar-refractivity contribution in [3.63, 3.8) is 0 Å². The molecule has 2 saturated heterocycles. The van der Waals surface area contributed by atoms with Crippen molar-refractivity contribution in [1.82, 2.24) is 10.6 Å². The molecular formula is C13H24N2O2. The molecule has 2 aliphatic heterocycles. The van der Waals surface area contributed by atoms with E-state index in [-0.39, 0.29) is 17.0 Å². The SMILES string of the molecule is CCC1(C(=O)NCC2(C)CCCO2)CCCN1. The Morgan fingerprint density at radius 3 is 2.76 bits per heavy atom. The molecule has 0 radical (unpaired) electrons. The molecule has 0 aromatic rings. The van der Waals surface area contributed by atoms with Gasteiger partial charge in [-0.05, 0) is 45.6 Å². The fraction of sp³-hybridized carbons (Fsp3) is 0.923. The van der Waals surface area contributed by atoms with Gasteiger partial charge in [-0.2, -0.15) is 0 Å². The van der Waals surface area contributed by atoms with Crippen LogP contribution in [0.15, 0.2) is 0 Å². The minimum Gasteiger partial charge on any atom is -0.373 e. The average molecular weight is 240 g/mol. The Kier molecular flexibility index (Phi) is 3.73. The molecule has 4 heteroatoms. The monoisotopic (exact) mass is 240 g/mol. The maximum atomic E-state index is 12.3. The number of amides is 1. The molecule has 2 aliphatic rings. The molecule has 2 rings (SSSR count). The van der Waals surface area contributed by atoms with Crippen molar-refractivity contribution < 1.29 is 9.53 Å². The van der Waals surface area contributed by atoms with Crippen molar-refractivity contribution in [2.45, 2.75) is 57.1 Å². The van der Waals surface area contributed by atoms with Crippen molar-refractivity contribution in [1.29, 1.82) is 0 Å². The van der Waals surface area contributed by atoms with E-state index in [1.165, 1.54) is 0 Å². The van der Waals surface area contributed by atoms with Gasteiger partial charge in [0.25, 0.3) is 0 Å². The van der Waals surface area contributed by atoms with Crippen LogP contribution in [0.3, 0.4) is 0 Å². The number of ether oxygens (including phenoxy) is 1. The van der Waals surface area contributed by atoms with Gasteiger partial charge in [0.1, 0.15) is 0 Å². The Morgan fingerprint density at radius 2 is 2.24 bits per heavy atom. The van der Waals surface area contributed by atoms with Gasteiger partial charge in [-0.1, -0.05) is 6.92 Å². The Labute approximate surface area is 103 Å². The van der Waals surface area contributed by atoms with Gasteiger partial charge < -0.3 is 15.4 Å². The molecule has 2 N–H and O–H groups in total. The summed E-state index contributed by atoms with van der Waals surface area (Å²) < 4.78 is 5.68. The van der Waals surface area contributed by atoms with Crippen molar-refractivity contribution >= 4 is 5.91 Å². The third kappa shape index (κ3) is 2.63. The fourth-order valence-electron chi connectivity index (χ4n) is 2.88. The van der Waals surface area contributed by atoms with Crippen molar-refractivity contribution in [3.8, 4) is 0 Å². The van der Waals surface area contributed by atoms with Gasteiger partial charge in [0.05, 0.1) is 11.1 Å². The third-order valence-electron chi connectivity index (χ3n) is 4.21. The summed E-state index contributed by atoms with van der Waals surface area (Å²) in [4.78, 5) is 12.3. The Balaban J connectivity index is 1.88. The predicted molar refractivity (Wildman–Crippen MR) is 66.9 cm³/mol. The standard InChI is InChI=1S/C13H24N2O2/c1-3-13(7-4-8-15-13)11(16)14-10-12(2)6-5-9-17-12/h15H,3-10H2,1-2H3,(H,14,16). The maximum Gasteiger partial charge on any atom is 0.240 e. The number of hydrogen-bond donors (Lipinski definition) is 2. The lowest BCUT2D eigenvalue weighted by Gasteiger charge is -2.30. The molecule has 1 amide bonds. The second kappa shape index (κ2) is 4.94. The highest BCUT2D eigenvalue weighted by Gasteiger charge is 2.40. The van der Waals surface area contributed by atoms with E-state index in [1.807, 2.05) is 0 Å². The zero-order chi connectivity index (χ0) is 12.4. The smallest absolute Gasteiger partial charge is 0.240 e. The number of carbonyl (C=O) groups is 1. The quantitative estimate of drug-likeness (QED) is 0.776. The summed E-state index contributed by atoms with van der Waals surface area (Å²) in [6.45, 7) is 6.57. The number of rotatable bonds is 4. The fourth-order valence-corrected chi connectivity index (χ4v) is 2.88. The van der Waals surface area contributed by atoms with Crippen LogP contribution in [0.4, 0.5) is 0 Å². The van der Waals surface area contributed by atoms with E-state index in [2.05, 4.69) is 24.5 Å². The van der Waals surface area contributed by atoms with Gasteiger partial charge in [0, 0.05) is 13.2 Å². The van der Waals surface area contributed by atoms with E-state index in [0.29, 0.717) is 6.54 Å². The van der Waals surface area contributed by atoms with Crippen LogP contribution in [0.2, 0.25) is 0 Å². The maximum absolute atomic E-state index is 12.3. The summed E-state index contributed by atoms with van der Waals surface area (Å²) in [5, 5.41) is 6.43. The van der Waals surface area contributed by atoms with Gasteiger partial charge in [-0.3, -0.25) is 4.79 Å². The van der Waals surface area contributed by atoms with Crippen LogP contribution in [0.1, 0.15) is 46.0 Å². The van der Waals surface area contributed by atoms with E-state index in [4.69, 9.17) is 4.74 Å². The summed E-state index contributed by atoms with van der Waals surface area (Å²) in [7, 11) is 0. The molecule has 4 nitrogen and oxygen atoms in total. The van der Waals surface area contributed by atoms with Gasteiger partial charge >= 0.3 is 0 Å². The molecule has 0 saturated carbocycles. The minimum absolute atomic E-state index is 0.147. The van der Waals surface area contributed by atoms with Crippen molar-refractivity contribution in [2.75, 3.05) is 19.7 Å². The second-order valence-electron chi connectivity index (χ2n) is 5.55. The first-order chi connectivity index (χ1) is 8.10. The molecule has 17 heavy (non-hydrogen) atoms. The second-order valence-corrected chi connectivity index (χ2v) is 5.55. The molecule has 2 heterocycles. The summed E-state index contributed by atoms with van der Waals surface area (Å²) in [6, 6.07) is 0. The first-order valence-corrected chi connectivity index (χ1v) is 6.78. The van der Waals surface area contributed by atoms with E-state index in [9.17, 15) is 4.79 Å². The number of hydrogen-bond acceptors (Lipinski definition) is 3. The van der Waals surface area contributed by atoms with Crippen LogP contribution in [0.25, 0.3) is 0 Å². The number of carbonyl (C=O) groups excluding carboxylic acids is 1. The zero-order valence-corrected chi connectivity index (χ0v) is 11.0. The lowest BCUT2D eigenvalue weighted by atomic mass is 9.92. The van der Waals surface area contributed by atoms with Gasteiger partial charge in [0.15, 0.2) is 0 Å². The molecule has 2 fully saturated rings. The first-order valence-electron chi connectivity index (χ1n) is 6.78. The Bertz CT molecular complexity index is 279. The van der Waals surface area contributed by atoms with Gasteiger partial charge in [0.2, 0.25) is 5.91 Å². The van der Waals surface area contributed by atoms with Crippen LogP contribution < -0.4 is 10.6 Å². The van der Waals surface area contributed by atoms with Gasteiger partial charge in [-0.15, -0.1) is 0 Å². The minimum atomic E-state index is -0.324. The normalized spacial score (nSPS) is 37.3. The summed E-state index contributed by atoms with van der Waals surface area (Å²) in [5.41, 5.74) is -0.474. The average Bonchev–Trinajstić information content (AvgIpc) is 2.96. The van der Waals surface area contributed by atoms with E-state index in [0.717, 1.165) is 45.3 Å². The highest BCUT2D eigenvalue weighted by Crippen LogP contribution is 2.26. The molecule has 0 bridgehead atoms. The van der Waals surface area contributed by atoms with Gasteiger partial charge in [-0.25, -0.2) is 0 Å². The summed E-state index contributed by atoms with van der Waals surface area (Å²) in [6.07, 6.45) is 5.04. The molecule has 0 aromatic carbocycles. The van der Waals surface area contributed by atoms with Crippen LogP contribution in [-0.4, -0.2) is 36.7 Å². The highest BCUT2D eigenvalue weighted by atomic mass is 16.5. The first kappa shape index (κ1) is 12.8. The Hall–Kier alpha value is -0.610. The molecule has 0 spiro atoms. The molecule has 0 aromatic heterocycles. The lowest BCUT2D eigenvalue weighted by molar-refractivity contribution is -0.128. The van der Waals surface area contributed by atoms with E-state index < -0.39 is 0 Å². The highest BCUT2D eigenvalue weighted by molar-refractivity contribution is 5.86. The van der Waals surface area contributed by atoms with Crippen molar-refractivity contribution in [3.05, 3.63) is 0 Å². The summed E-state index contributed by atoms with van der Waals surface area (Å²) in [5.74, 6) is 0.147. The molecular weight excluding hydrogens is 216 g/mol. The molecule has 2 atom stereocenters. The lowest BCUT2D eigenvalue weighted by Crippen LogP contribution is -2.55.